The Hall–Kier alpha value is -3.09. The third-order valence-electron chi connectivity index (χ3n) is 12.2. The molecule has 3 aliphatic heterocycles. The van der Waals surface area contributed by atoms with Gasteiger partial charge in [0.1, 0.15) is 30.0 Å². The third kappa shape index (κ3) is 15.8. The maximum Gasteiger partial charge on any atom is 0.308 e. The van der Waals surface area contributed by atoms with Gasteiger partial charge in [-0.2, -0.15) is 0 Å². The summed E-state index contributed by atoms with van der Waals surface area (Å²) in [6.45, 7) is 13.8. The van der Waals surface area contributed by atoms with Crippen LogP contribution >= 0.6 is 0 Å². The lowest BCUT2D eigenvalue weighted by Gasteiger charge is -2.50. The molecule has 2 fully saturated rings. The van der Waals surface area contributed by atoms with Crippen molar-refractivity contribution in [1.29, 1.82) is 0 Å². The Morgan fingerprint density at radius 2 is 1.68 bits per heavy atom. The number of esters is 2. The van der Waals surface area contributed by atoms with Crippen LogP contribution in [0, 0.1) is 17.8 Å². The van der Waals surface area contributed by atoms with Gasteiger partial charge in [0.15, 0.2) is 24.5 Å². The Labute approximate surface area is 374 Å². The summed E-state index contributed by atoms with van der Waals surface area (Å²) in [5, 5.41) is 39.0. The Morgan fingerprint density at radius 3 is 2.33 bits per heavy atom. The molecule has 0 unspecified atom stereocenters. The van der Waals surface area contributed by atoms with E-state index in [4.69, 9.17) is 33.2 Å². The van der Waals surface area contributed by atoms with Gasteiger partial charge in [-0.3, -0.25) is 14.4 Å². The first-order valence-electron chi connectivity index (χ1n) is 22.7. The van der Waals surface area contributed by atoms with Gasteiger partial charge in [-0.05, 0) is 97.6 Å². The first-order chi connectivity index (χ1) is 29.8. The Balaban J connectivity index is 1.62. The molecule has 4 rings (SSSR count). The number of methoxy groups -OCH3 is 1. The van der Waals surface area contributed by atoms with Crippen LogP contribution in [0.5, 0.6) is 0 Å². The summed E-state index contributed by atoms with van der Waals surface area (Å²) in [6.07, 6.45) is -1.98. The molecule has 3 heterocycles. The summed E-state index contributed by atoms with van der Waals surface area (Å²) in [4.78, 5) is 41.1. The van der Waals surface area contributed by atoms with Gasteiger partial charge < -0.3 is 58.7 Å². The van der Waals surface area contributed by atoms with Crippen LogP contribution in [-0.2, 0) is 54.0 Å². The highest BCUT2D eigenvalue weighted by Gasteiger charge is 2.52. The third-order valence-corrected chi connectivity index (χ3v) is 12.2. The number of hydrogen-bond acceptors (Lipinski definition) is 15. The number of allylic oxidation sites excluding steroid dienone is 3. The molecule has 0 bridgehead atoms. The van der Waals surface area contributed by atoms with E-state index < -0.39 is 103 Å². The number of hydrogen-bond donors (Lipinski definition) is 4. The number of carbonyl (C=O) groups excluding carboxylic acids is 3. The van der Waals surface area contributed by atoms with Crippen molar-refractivity contribution in [2.24, 2.45) is 17.8 Å². The summed E-state index contributed by atoms with van der Waals surface area (Å²) in [7, 11) is 5.02. The molecule has 2 saturated heterocycles. The first-order valence-corrected chi connectivity index (χ1v) is 22.7. The number of aliphatic hydroxyl groups excluding tert-OH is 2. The van der Waals surface area contributed by atoms with Crippen molar-refractivity contribution in [3.8, 4) is 0 Å². The van der Waals surface area contributed by atoms with Crippen LogP contribution in [0.2, 0.25) is 0 Å². The van der Waals surface area contributed by atoms with Crippen LogP contribution in [0.1, 0.15) is 92.6 Å². The van der Waals surface area contributed by atoms with Crippen molar-refractivity contribution in [2.45, 2.75) is 173 Å². The molecule has 15 nitrogen and oxygen atoms in total. The van der Waals surface area contributed by atoms with Gasteiger partial charge in [-0.15, -0.1) is 0 Å². The molecule has 15 heteroatoms. The van der Waals surface area contributed by atoms with Gasteiger partial charge in [0.05, 0.1) is 36.9 Å². The fourth-order valence-electron chi connectivity index (χ4n) is 8.89. The zero-order valence-corrected chi connectivity index (χ0v) is 39.1. The molecular formula is C48H76N2O13. The molecule has 0 amide bonds. The van der Waals surface area contributed by atoms with Crippen molar-refractivity contribution in [2.75, 3.05) is 34.3 Å². The number of carbonyl (C=O) groups is 3. The van der Waals surface area contributed by atoms with E-state index in [2.05, 4.69) is 17.4 Å². The topological polar surface area (TPSA) is 192 Å². The van der Waals surface area contributed by atoms with Crippen LogP contribution < -0.4 is 5.32 Å². The number of nitrogens with one attached hydrogen (secondary N) is 1. The summed E-state index contributed by atoms with van der Waals surface area (Å²) in [5.74, 6) is -1.94. The first kappa shape index (κ1) is 52.5. The fraction of sp³-hybridized carbons (Fsp3) is 0.729. The molecular weight excluding hydrogens is 813 g/mol. The largest absolute Gasteiger partial charge is 0.462 e. The van der Waals surface area contributed by atoms with Crippen molar-refractivity contribution in [3.63, 3.8) is 0 Å². The normalized spacial score (nSPS) is 36.4. The molecule has 0 spiro atoms. The molecule has 4 N–H and O–H groups in total. The number of ether oxygens (including phenoxy) is 7. The summed E-state index contributed by atoms with van der Waals surface area (Å²) in [6, 6.07) is 9.40. The minimum Gasteiger partial charge on any atom is -0.462 e. The van der Waals surface area contributed by atoms with E-state index in [0.29, 0.717) is 32.4 Å². The lowest BCUT2D eigenvalue weighted by molar-refractivity contribution is -0.344. The number of likely N-dealkylation sites (N-methyl/N-ethyl adjacent to an activating group) is 1. The van der Waals surface area contributed by atoms with E-state index in [1.54, 1.807) is 58.8 Å². The van der Waals surface area contributed by atoms with Crippen molar-refractivity contribution in [1.82, 2.24) is 10.2 Å². The van der Waals surface area contributed by atoms with Crippen LogP contribution in [0.4, 0.5) is 0 Å². The SMILES string of the molecule is CO[C@@H]1[C@@H](O[C@@H]2O[C@H](C)[C@@H](O[C@H]3C[C@@](C)(O)[C@@H](OC(=O)CC(C)C)[C@H](C)O3)[C@H](N(C)C)[C@H]2O)[C@@H](CCNCCc2ccccc2)C[C@@H](C)C(=O)C=CC=CC[C@@H](C)OC(=O)C[C@H]1O. The molecule has 63 heavy (non-hydrogen) atoms. The maximum absolute atomic E-state index is 13.5. The second-order valence-electron chi connectivity index (χ2n) is 18.6. The minimum absolute atomic E-state index is 0.0174. The second-order valence-corrected chi connectivity index (χ2v) is 18.6. The average Bonchev–Trinajstić information content (AvgIpc) is 3.19. The highest BCUT2D eigenvalue weighted by Crippen LogP contribution is 2.37. The molecule has 0 aliphatic carbocycles. The molecule has 1 aromatic rings. The van der Waals surface area contributed by atoms with Crippen LogP contribution in [-0.4, -0.2) is 151 Å². The molecule has 356 valence electrons. The van der Waals surface area contributed by atoms with E-state index >= 15 is 0 Å². The monoisotopic (exact) mass is 889 g/mol. The summed E-state index contributed by atoms with van der Waals surface area (Å²) < 4.78 is 43.4. The van der Waals surface area contributed by atoms with Gasteiger partial charge in [0, 0.05) is 32.3 Å². The van der Waals surface area contributed by atoms with Crippen LogP contribution in [0.15, 0.2) is 54.6 Å². The van der Waals surface area contributed by atoms with Gasteiger partial charge in [-0.25, -0.2) is 0 Å². The molecule has 0 aromatic heterocycles. The number of cyclic esters (lactones) is 1. The van der Waals surface area contributed by atoms with E-state index in [1.165, 1.54) is 18.7 Å². The average molecular weight is 889 g/mol. The van der Waals surface area contributed by atoms with Crippen molar-refractivity contribution >= 4 is 17.7 Å². The molecule has 0 saturated carbocycles. The van der Waals surface area contributed by atoms with Crippen LogP contribution in [0.3, 0.4) is 0 Å². The number of rotatable bonds is 15. The standard InChI is InChI=1S/C48H76N2O13/c1-29(2)25-38(53)61-46-33(6)59-40(28-48(46,7)56)62-43-32(5)60-47(42(55)41(43)50(8)9)63-44-35(22-24-49-23-21-34-18-14-12-15-19-34)26-30(3)36(51)20-16-11-13-17-31(4)58-39(54)27-37(52)45(44)57-10/h11-16,18-20,29-33,35,37,40-47,49,52,55-56H,17,21-28H2,1-10H3/t30-,31-,32-,33+,35+,37-,40+,41-,42-,43-,44+,45+,46+,47+,48-/m1/s1. The minimum atomic E-state index is -1.48. The van der Waals surface area contributed by atoms with E-state index in [0.717, 1.165) is 6.42 Å². The molecule has 0 radical (unpaired) electrons. The zero-order chi connectivity index (χ0) is 46.4. The molecule has 15 atom stereocenters. The van der Waals surface area contributed by atoms with E-state index in [1.807, 2.05) is 45.0 Å². The highest BCUT2D eigenvalue weighted by molar-refractivity contribution is 5.91. The molecule has 1 aromatic carbocycles. The maximum atomic E-state index is 13.5. The number of aliphatic hydroxyl groups is 3. The number of nitrogens with zero attached hydrogens (tertiary/aromatic N) is 1. The van der Waals surface area contributed by atoms with Crippen molar-refractivity contribution < 1.29 is 62.9 Å². The lowest BCUT2D eigenvalue weighted by Crippen LogP contribution is -2.66. The van der Waals surface area contributed by atoms with E-state index in [-0.39, 0.29) is 31.0 Å². The Kier molecular flexibility index (Phi) is 20.8. The zero-order valence-electron chi connectivity index (χ0n) is 39.1. The predicted molar refractivity (Wildman–Crippen MR) is 236 cm³/mol. The van der Waals surface area contributed by atoms with Gasteiger partial charge in [0.25, 0.3) is 0 Å². The Bertz CT molecular complexity index is 1620. The van der Waals surface area contributed by atoms with Crippen molar-refractivity contribution in [3.05, 3.63) is 60.2 Å². The lowest BCUT2D eigenvalue weighted by atomic mass is 9.82. The van der Waals surface area contributed by atoms with Gasteiger partial charge in [0.2, 0.25) is 0 Å². The smallest absolute Gasteiger partial charge is 0.308 e. The summed E-state index contributed by atoms with van der Waals surface area (Å²) >= 11 is 0. The van der Waals surface area contributed by atoms with Crippen LogP contribution in [0.25, 0.3) is 0 Å². The predicted octanol–water partition coefficient (Wildman–Crippen LogP) is 4.28. The highest BCUT2D eigenvalue weighted by atomic mass is 16.7. The fourth-order valence-corrected chi connectivity index (χ4v) is 8.89. The molecule has 3 aliphatic rings. The quantitative estimate of drug-likeness (QED) is 0.144. The van der Waals surface area contributed by atoms with Gasteiger partial charge in [-0.1, -0.05) is 69.3 Å². The van der Waals surface area contributed by atoms with Gasteiger partial charge >= 0.3 is 11.9 Å². The van der Waals surface area contributed by atoms with E-state index in [9.17, 15) is 29.7 Å². The second kappa shape index (κ2) is 25.0. The Morgan fingerprint density at radius 1 is 0.968 bits per heavy atom. The summed E-state index contributed by atoms with van der Waals surface area (Å²) in [5.41, 5.74) is -0.288. The number of ketones is 1. The number of benzene rings is 1.